The minimum atomic E-state index is -0.378. The zero-order valence-electron chi connectivity index (χ0n) is 14.9. The predicted molar refractivity (Wildman–Crippen MR) is 104 cm³/mol. The van der Waals surface area contributed by atoms with Gasteiger partial charge in [-0.05, 0) is 61.5 Å². The number of benzene rings is 3. The van der Waals surface area contributed by atoms with Crippen LogP contribution in [0.1, 0.15) is 29.0 Å². The van der Waals surface area contributed by atoms with Crippen LogP contribution in [0.15, 0.2) is 72.8 Å². The van der Waals surface area contributed by atoms with Crippen LogP contribution in [-0.2, 0) is 0 Å². The quantitative estimate of drug-likeness (QED) is 0.695. The third-order valence-electron chi connectivity index (χ3n) is 4.54. The normalized spacial score (nSPS) is 15.6. The van der Waals surface area contributed by atoms with Crippen LogP contribution in [-0.4, -0.2) is 12.5 Å². The first-order valence-electron chi connectivity index (χ1n) is 8.85. The molecule has 4 rings (SSSR count). The van der Waals surface area contributed by atoms with E-state index < -0.39 is 0 Å². The molecule has 3 aromatic carbocycles. The molecule has 1 aliphatic rings. The molecule has 0 fully saturated rings. The number of nitrogens with zero attached hydrogens (tertiary/aromatic N) is 1. The van der Waals surface area contributed by atoms with Gasteiger partial charge in [-0.2, -0.15) is 0 Å². The number of carbonyl (C=O) groups is 1. The van der Waals surface area contributed by atoms with Crippen molar-refractivity contribution in [1.29, 1.82) is 0 Å². The van der Waals surface area contributed by atoms with Crippen LogP contribution < -0.4 is 15.0 Å². The van der Waals surface area contributed by atoms with Crippen LogP contribution in [0, 0.1) is 5.82 Å². The van der Waals surface area contributed by atoms with E-state index in [0.717, 1.165) is 22.7 Å². The number of anilines is 2. The summed E-state index contributed by atoms with van der Waals surface area (Å²) in [6.45, 7) is 2.51. The van der Waals surface area contributed by atoms with E-state index in [1.165, 1.54) is 12.1 Å². The maximum absolute atomic E-state index is 13.2. The highest BCUT2D eigenvalue weighted by Crippen LogP contribution is 2.38. The first-order valence-corrected chi connectivity index (χ1v) is 8.85. The zero-order valence-corrected chi connectivity index (χ0v) is 14.9. The molecule has 4 nitrogen and oxygen atoms in total. The fourth-order valence-corrected chi connectivity index (χ4v) is 3.30. The maximum Gasteiger partial charge on any atom is 0.260 e. The van der Waals surface area contributed by atoms with Crippen LogP contribution in [0.25, 0.3) is 0 Å². The molecule has 1 atom stereocenters. The number of fused-ring (bicyclic) bond motifs is 1. The monoisotopic (exact) mass is 362 g/mol. The number of ether oxygens (including phenoxy) is 1. The molecule has 0 aromatic heterocycles. The van der Waals surface area contributed by atoms with Gasteiger partial charge >= 0.3 is 0 Å². The maximum atomic E-state index is 13.2. The van der Waals surface area contributed by atoms with Gasteiger partial charge in [0.1, 0.15) is 17.7 Å². The summed E-state index contributed by atoms with van der Waals surface area (Å²) in [5.74, 6) is 0.384. The fraction of sp³-hybridized carbons (Fsp3) is 0.136. The van der Waals surface area contributed by atoms with Crippen molar-refractivity contribution in [3.8, 4) is 5.75 Å². The van der Waals surface area contributed by atoms with Crippen molar-refractivity contribution in [3.63, 3.8) is 0 Å². The number of amides is 1. The summed E-state index contributed by atoms with van der Waals surface area (Å²) in [6.07, 6.45) is -0.378. The first kappa shape index (κ1) is 17.1. The summed E-state index contributed by atoms with van der Waals surface area (Å²) < 4.78 is 18.7. The average molecular weight is 362 g/mol. The lowest BCUT2D eigenvalue weighted by atomic mass is 10.1. The smallest absolute Gasteiger partial charge is 0.260 e. The molecule has 0 spiro atoms. The number of nitrogens with one attached hydrogen (secondary N) is 1. The van der Waals surface area contributed by atoms with Crippen molar-refractivity contribution in [3.05, 3.63) is 89.7 Å². The van der Waals surface area contributed by atoms with Crippen LogP contribution in [0.3, 0.4) is 0 Å². The molecule has 1 amide bonds. The van der Waals surface area contributed by atoms with Gasteiger partial charge in [0.2, 0.25) is 0 Å². The second-order valence-electron chi connectivity index (χ2n) is 6.24. The van der Waals surface area contributed by atoms with Gasteiger partial charge in [0.25, 0.3) is 5.91 Å². The van der Waals surface area contributed by atoms with Gasteiger partial charge in [0, 0.05) is 22.5 Å². The Kier molecular flexibility index (Phi) is 4.50. The predicted octanol–water partition coefficient (Wildman–Crippen LogP) is 5.00. The number of carbonyl (C=O) groups excluding carboxylic acids is 1. The van der Waals surface area contributed by atoms with Gasteiger partial charge < -0.3 is 10.1 Å². The van der Waals surface area contributed by atoms with Crippen molar-refractivity contribution >= 4 is 17.3 Å². The molecule has 1 heterocycles. The van der Waals surface area contributed by atoms with E-state index in [9.17, 15) is 9.18 Å². The zero-order chi connectivity index (χ0) is 18.8. The standard InChI is InChI=1S/C22H19FN2O2/c1-2-27-18-13-11-17(12-14-18)25-21(24-16-9-7-15(23)8-10-16)19-5-3-4-6-20(19)22(25)26/h3-14,21,24H,2H2,1H3. The minimum Gasteiger partial charge on any atom is -0.494 e. The molecule has 0 aliphatic carbocycles. The van der Waals surface area contributed by atoms with Gasteiger partial charge in [-0.3, -0.25) is 9.69 Å². The molecule has 1 aliphatic heterocycles. The lowest BCUT2D eigenvalue weighted by molar-refractivity contribution is 0.0993. The van der Waals surface area contributed by atoms with Gasteiger partial charge in [0.05, 0.1) is 6.61 Å². The molecule has 0 saturated carbocycles. The van der Waals surface area contributed by atoms with Crippen LogP contribution in [0.5, 0.6) is 5.75 Å². The van der Waals surface area contributed by atoms with E-state index in [1.807, 2.05) is 55.5 Å². The molecular weight excluding hydrogens is 343 g/mol. The highest BCUT2D eigenvalue weighted by molar-refractivity contribution is 6.11. The Morgan fingerprint density at radius 3 is 2.41 bits per heavy atom. The highest BCUT2D eigenvalue weighted by Gasteiger charge is 2.37. The van der Waals surface area contributed by atoms with E-state index in [-0.39, 0.29) is 17.9 Å². The minimum absolute atomic E-state index is 0.0747. The number of hydrogen-bond acceptors (Lipinski definition) is 3. The van der Waals surface area contributed by atoms with Crippen molar-refractivity contribution in [1.82, 2.24) is 0 Å². The number of hydrogen-bond donors (Lipinski definition) is 1. The third kappa shape index (κ3) is 3.24. The molecule has 1 N–H and O–H groups in total. The lowest BCUT2D eigenvalue weighted by Gasteiger charge is -2.27. The SMILES string of the molecule is CCOc1ccc(N2C(=O)c3ccccc3C2Nc2ccc(F)cc2)cc1. The van der Waals surface area contributed by atoms with Crippen molar-refractivity contribution < 1.29 is 13.9 Å². The van der Waals surface area contributed by atoms with E-state index in [1.54, 1.807) is 17.0 Å². The first-order chi connectivity index (χ1) is 13.2. The largest absolute Gasteiger partial charge is 0.494 e. The lowest BCUT2D eigenvalue weighted by Crippen LogP contribution is -2.32. The fourth-order valence-electron chi connectivity index (χ4n) is 3.30. The summed E-state index contributed by atoms with van der Waals surface area (Å²) >= 11 is 0. The Morgan fingerprint density at radius 2 is 1.70 bits per heavy atom. The molecule has 3 aromatic rings. The van der Waals surface area contributed by atoms with E-state index in [2.05, 4.69) is 5.32 Å². The molecule has 136 valence electrons. The number of rotatable bonds is 5. The van der Waals surface area contributed by atoms with Gasteiger partial charge in [0.15, 0.2) is 0 Å². The van der Waals surface area contributed by atoms with Crippen LogP contribution in [0.4, 0.5) is 15.8 Å². The Morgan fingerprint density at radius 1 is 1.00 bits per heavy atom. The van der Waals surface area contributed by atoms with E-state index in [4.69, 9.17) is 4.74 Å². The summed E-state index contributed by atoms with van der Waals surface area (Å²) in [5.41, 5.74) is 3.05. The highest BCUT2D eigenvalue weighted by atomic mass is 19.1. The van der Waals surface area contributed by atoms with Gasteiger partial charge in [-0.25, -0.2) is 4.39 Å². The van der Waals surface area contributed by atoms with Gasteiger partial charge in [-0.15, -0.1) is 0 Å². The Hall–Kier alpha value is -3.34. The Bertz CT molecular complexity index is 955. The summed E-state index contributed by atoms with van der Waals surface area (Å²) in [6, 6.07) is 21.1. The third-order valence-corrected chi connectivity index (χ3v) is 4.54. The molecule has 0 saturated heterocycles. The second kappa shape index (κ2) is 7.11. The number of halogens is 1. The van der Waals surface area contributed by atoms with E-state index >= 15 is 0 Å². The molecule has 0 bridgehead atoms. The van der Waals surface area contributed by atoms with Crippen molar-refractivity contribution in [2.24, 2.45) is 0 Å². The molecular formula is C22H19FN2O2. The summed E-state index contributed by atoms with van der Waals surface area (Å²) in [5, 5.41) is 3.35. The molecule has 0 radical (unpaired) electrons. The van der Waals surface area contributed by atoms with Crippen molar-refractivity contribution in [2.75, 3.05) is 16.8 Å². The topological polar surface area (TPSA) is 41.6 Å². The van der Waals surface area contributed by atoms with Crippen LogP contribution in [0.2, 0.25) is 0 Å². The second-order valence-corrected chi connectivity index (χ2v) is 6.24. The van der Waals surface area contributed by atoms with Crippen molar-refractivity contribution in [2.45, 2.75) is 13.1 Å². The van der Waals surface area contributed by atoms with Crippen LogP contribution >= 0.6 is 0 Å². The molecule has 1 unspecified atom stereocenters. The summed E-state index contributed by atoms with van der Waals surface area (Å²) in [7, 11) is 0. The van der Waals surface area contributed by atoms with Gasteiger partial charge in [-0.1, -0.05) is 18.2 Å². The molecule has 5 heteroatoms. The molecule has 27 heavy (non-hydrogen) atoms. The summed E-state index contributed by atoms with van der Waals surface area (Å²) in [4.78, 5) is 14.8. The Labute approximate surface area is 157 Å². The van der Waals surface area contributed by atoms with E-state index in [0.29, 0.717) is 12.2 Å². The average Bonchev–Trinajstić information content (AvgIpc) is 2.97. The Balaban J connectivity index is 1.71.